The Morgan fingerprint density at radius 2 is 1.76 bits per heavy atom. The Kier molecular flexibility index (Phi) is 6.49. The molecule has 2 aliphatic rings. The van der Waals surface area contributed by atoms with E-state index in [-0.39, 0.29) is 17.7 Å². The second-order valence-corrected chi connectivity index (χ2v) is 6.43. The van der Waals surface area contributed by atoms with Crippen LogP contribution in [0.4, 0.5) is 0 Å². The molecule has 0 atom stereocenters. The summed E-state index contributed by atoms with van der Waals surface area (Å²) >= 11 is 0. The van der Waals surface area contributed by atoms with Crippen molar-refractivity contribution < 1.29 is 9.59 Å². The zero-order chi connectivity index (χ0) is 15.1. The Labute approximate surface area is 127 Å². The van der Waals surface area contributed by atoms with Crippen molar-refractivity contribution in [3.05, 3.63) is 0 Å². The van der Waals surface area contributed by atoms with Gasteiger partial charge in [-0.25, -0.2) is 0 Å². The predicted octanol–water partition coefficient (Wildman–Crippen LogP) is 1.14. The molecule has 2 fully saturated rings. The molecule has 5 nitrogen and oxygen atoms in total. The molecule has 1 saturated heterocycles. The van der Waals surface area contributed by atoms with Crippen molar-refractivity contribution in [2.45, 2.75) is 44.9 Å². The van der Waals surface area contributed by atoms with Gasteiger partial charge in [-0.15, -0.1) is 0 Å². The molecular weight excluding hydrogens is 266 g/mol. The second kappa shape index (κ2) is 8.37. The number of amides is 2. The molecule has 0 aromatic rings. The van der Waals surface area contributed by atoms with Crippen LogP contribution in [-0.2, 0) is 9.59 Å². The Morgan fingerprint density at radius 1 is 1.10 bits per heavy atom. The third-order valence-corrected chi connectivity index (χ3v) is 4.93. The first kappa shape index (κ1) is 16.3. The van der Waals surface area contributed by atoms with E-state index < -0.39 is 0 Å². The lowest BCUT2D eigenvalue weighted by molar-refractivity contribution is -0.125. The van der Waals surface area contributed by atoms with Gasteiger partial charge in [0.15, 0.2) is 0 Å². The molecule has 2 amide bonds. The van der Waals surface area contributed by atoms with Crippen molar-refractivity contribution in [2.24, 2.45) is 11.8 Å². The summed E-state index contributed by atoms with van der Waals surface area (Å²) in [4.78, 5) is 25.6. The normalized spacial score (nSPS) is 21.4. The first-order chi connectivity index (χ1) is 10.2. The van der Waals surface area contributed by atoms with E-state index in [0.29, 0.717) is 12.3 Å². The summed E-state index contributed by atoms with van der Waals surface area (Å²) in [6.07, 6.45) is 7.40. The summed E-state index contributed by atoms with van der Waals surface area (Å²) in [6, 6.07) is 0. The molecule has 21 heavy (non-hydrogen) atoms. The maximum Gasteiger partial charge on any atom is 0.223 e. The van der Waals surface area contributed by atoms with E-state index in [9.17, 15) is 9.59 Å². The molecule has 2 N–H and O–H groups in total. The standard InChI is InChI=1S/C16H29N3O2/c1-17-15(20)8-11-19-9-6-13(7-10-19)12-18-16(21)14-4-2-3-5-14/h13-14H,2-12H2,1H3,(H,17,20)(H,18,21). The molecule has 120 valence electrons. The van der Waals surface area contributed by atoms with Crippen LogP contribution in [0, 0.1) is 11.8 Å². The minimum Gasteiger partial charge on any atom is -0.359 e. The van der Waals surface area contributed by atoms with Crippen LogP contribution in [0.1, 0.15) is 44.9 Å². The number of likely N-dealkylation sites (tertiary alicyclic amines) is 1. The molecule has 0 radical (unpaired) electrons. The molecular formula is C16H29N3O2. The molecule has 2 rings (SSSR count). The highest BCUT2D eigenvalue weighted by Crippen LogP contribution is 2.25. The van der Waals surface area contributed by atoms with Gasteiger partial charge in [-0.2, -0.15) is 0 Å². The van der Waals surface area contributed by atoms with Crippen LogP contribution in [0.15, 0.2) is 0 Å². The lowest BCUT2D eigenvalue weighted by atomic mass is 9.96. The highest BCUT2D eigenvalue weighted by molar-refractivity contribution is 5.78. The molecule has 1 aliphatic carbocycles. The molecule has 0 spiro atoms. The summed E-state index contributed by atoms with van der Waals surface area (Å²) in [5, 5.41) is 5.81. The Bertz CT molecular complexity index is 345. The van der Waals surface area contributed by atoms with Crippen molar-refractivity contribution in [3.8, 4) is 0 Å². The van der Waals surface area contributed by atoms with E-state index in [2.05, 4.69) is 15.5 Å². The van der Waals surface area contributed by atoms with Crippen LogP contribution in [0.25, 0.3) is 0 Å². The number of nitrogens with one attached hydrogen (secondary N) is 2. The number of hydrogen-bond acceptors (Lipinski definition) is 3. The Morgan fingerprint density at radius 3 is 2.38 bits per heavy atom. The summed E-state index contributed by atoms with van der Waals surface area (Å²) in [5.41, 5.74) is 0. The zero-order valence-electron chi connectivity index (χ0n) is 13.2. The van der Waals surface area contributed by atoms with Gasteiger partial charge in [0.2, 0.25) is 11.8 Å². The maximum atomic E-state index is 12.0. The van der Waals surface area contributed by atoms with E-state index in [1.807, 2.05) is 0 Å². The van der Waals surface area contributed by atoms with E-state index in [1.54, 1.807) is 7.05 Å². The SMILES string of the molecule is CNC(=O)CCN1CCC(CNC(=O)C2CCCC2)CC1. The van der Waals surface area contributed by atoms with Gasteiger partial charge in [0, 0.05) is 32.5 Å². The third kappa shape index (κ3) is 5.30. The van der Waals surface area contributed by atoms with Crippen LogP contribution < -0.4 is 10.6 Å². The largest absolute Gasteiger partial charge is 0.359 e. The predicted molar refractivity (Wildman–Crippen MR) is 82.8 cm³/mol. The van der Waals surface area contributed by atoms with Crippen molar-refractivity contribution >= 4 is 11.8 Å². The van der Waals surface area contributed by atoms with E-state index in [1.165, 1.54) is 12.8 Å². The van der Waals surface area contributed by atoms with Gasteiger partial charge < -0.3 is 15.5 Å². The minimum absolute atomic E-state index is 0.112. The van der Waals surface area contributed by atoms with Gasteiger partial charge in [0.25, 0.3) is 0 Å². The average Bonchev–Trinajstić information content (AvgIpc) is 3.05. The van der Waals surface area contributed by atoms with Gasteiger partial charge in [-0.1, -0.05) is 12.8 Å². The third-order valence-electron chi connectivity index (χ3n) is 4.93. The number of hydrogen-bond donors (Lipinski definition) is 2. The number of carbonyl (C=O) groups is 2. The first-order valence-corrected chi connectivity index (χ1v) is 8.39. The van der Waals surface area contributed by atoms with E-state index >= 15 is 0 Å². The topological polar surface area (TPSA) is 61.4 Å². The van der Waals surface area contributed by atoms with Gasteiger partial charge in [-0.3, -0.25) is 9.59 Å². The van der Waals surface area contributed by atoms with Gasteiger partial charge >= 0.3 is 0 Å². The second-order valence-electron chi connectivity index (χ2n) is 6.43. The van der Waals surface area contributed by atoms with Crippen LogP contribution >= 0.6 is 0 Å². The first-order valence-electron chi connectivity index (χ1n) is 8.39. The summed E-state index contributed by atoms with van der Waals surface area (Å²) in [6.45, 7) is 3.77. The van der Waals surface area contributed by atoms with Crippen molar-refractivity contribution in [2.75, 3.05) is 33.2 Å². The fourth-order valence-electron chi connectivity index (χ4n) is 3.38. The Balaban J connectivity index is 1.58. The minimum atomic E-state index is 0.112. The average molecular weight is 295 g/mol. The van der Waals surface area contributed by atoms with Crippen LogP contribution in [0.5, 0.6) is 0 Å². The molecule has 1 heterocycles. The van der Waals surface area contributed by atoms with Gasteiger partial charge in [0.05, 0.1) is 0 Å². The molecule has 1 aliphatic heterocycles. The van der Waals surface area contributed by atoms with Crippen LogP contribution in [-0.4, -0.2) is 49.9 Å². The van der Waals surface area contributed by atoms with Crippen molar-refractivity contribution in [1.82, 2.24) is 15.5 Å². The number of nitrogens with zero attached hydrogens (tertiary/aromatic N) is 1. The lowest BCUT2D eigenvalue weighted by Crippen LogP contribution is -2.40. The summed E-state index contributed by atoms with van der Waals surface area (Å²) in [7, 11) is 1.68. The molecule has 0 aromatic heterocycles. The van der Waals surface area contributed by atoms with E-state index in [0.717, 1.165) is 51.9 Å². The zero-order valence-corrected chi connectivity index (χ0v) is 13.2. The number of piperidine rings is 1. The van der Waals surface area contributed by atoms with Gasteiger partial charge in [0.1, 0.15) is 0 Å². The van der Waals surface area contributed by atoms with Crippen LogP contribution in [0.3, 0.4) is 0 Å². The molecule has 5 heteroatoms. The highest BCUT2D eigenvalue weighted by Gasteiger charge is 2.24. The molecule has 0 aromatic carbocycles. The quantitative estimate of drug-likeness (QED) is 0.772. The van der Waals surface area contributed by atoms with Crippen LogP contribution in [0.2, 0.25) is 0 Å². The van der Waals surface area contributed by atoms with Gasteiger partial charge in [-0.05, 0) is 44.7 Å². The fraction of sp³-hybridized carbons (Fsp3) is 0.875. The highest BCUT2D eigenvalue weighted by atomic mass is 16.2. The molecule has 0 bridgehead atoms. The molecule has 1 saturated carbocycles. The fourth-order valence-corrected chi connectivity index (χ4v) is 3.38. The number of rotatable bonds is 6. The smallest absolute Gasteiger partial charge is 0.223 e. The van der Waals surface area contributed by atoms with E-state index in [4.69, 9.17) is 0 Å². The summed E-state index contributed by atoms with van der Waals surface area (Å²) in [5.74, 6) is 1.26. The summed E-state index contributed by atoms with van der Waals surface area (Å²) < 4.78 is 0. The monoisotopic (exact) mass is 295 g/mol. The van der Waals surface area contributed by atoms with Crippen molar-refractivity contribution in [3.63, 3.8) is 0 Å². The number of carbonyl (C=O) groups excluding carboxylic acids is 2. The van der Waals surface area contributed by atoms with Crippen molar-refractivity contribution in [1.29, 1.82) is 0 Å². The molecule has 0 unspecified atom stereocenters. The lowest BCUT2D eigenvalue weighted by Gasteiger charge is -2.32. The Hall–Kier alpha value is -1.10. The maximum absolute atomic E-state index is 12.0.